The molecule has 0 aliphatic carbocycles. The van der Waals surface area contributed by atoms with Crippen LogP contribution < -0.4 is 10.6 Å². The molecule has 10 heteroatoms. The predicted molar refractivity (Wildman–Crippen MR) is 126 cm³/mol. The van der Waals surface area contributed by atoms with E-state index in [1.807, 2.05) is 13.8 Å². The van der Waals surface area contributed by atoms with Gasteiger partial charge in [0.25, 0.3) is 11.8 Å². The van der Waals surface area contributed by atoms with Crippen LogP contribution in [0, 0.1) is 5.82 Å². The Morgan fingerprint density at radius 3 is 2.47 bits per heavy atom. The standard InChI is InChI=1S/C24H24F3N5O.ClH/c1-14(2)22-30-12-15(13-31-22)23(33)32-20-17(16-5-3-4-6-18(16)25)7-9-29-21(20)19-11-24(26,27)8-10-28-19;/h3-7,9,12-14,19,28H,8,10-11H2,1-2H3,(H,32,33);1H. The van der Waals surface area contributed by atoms with Gasteiger partial charge in [-0.3, -0.25) is 9.78 Å². The second kappa shape index (κ2) is 10.5. The fourth-order valence-corrected chi connectivity index (χ4v) is 3.81. The summed E-state index contributed by atoms with van der Waals surface area (Å²) in [7, 11) is 0. The van der Waals surface area contributed by atoms with Crippen molar-refractivity contribution in [3.63, 3.8) is 0 Å². The van der Waals surface area contributed by atoms with Crippen LogP contribution in [0.5, 0.6) is 0 Å². The van der Waals surface area contributed by atoms with Gasteiger partial charge in [-0.2, -0.15) is 0 Å². The van der Waals surface area contributed by atoms with Gasteiger partial charge in [0.2, 0.25) is 0 Å². The molecule has 0 spiro atoms. The van der Waals surface area contributed by atoms with E-state index in [9.17, 15) is 18.0 Å². The Labute approximate surface area is 201 Å². The Kier molecular flexibility index (Phi) is 7.89. The molecule has 1 aliphatic heterocycles. The molecule has 0 saturated carbocycles. The number of amides is 1. The first-order valence-electron chi connectivity index (χ1n) is 10.7. The molecule has 6 nitrogen and oxygen atoms in total. The van der Waals surface area contributed by atoms with Crippen LogP contribution in [0.2, 0.25) is 0 Å². The maximum atomic E-state index is 14.6. The Balaban J connectivity index is 0.00000324. The van der Waals surface area contributed by atoms with Gasteiger partial charge in [0.15, 0.2) is 0 Å². The number of carbonyl (C=O) groups excluding carboxylic acids is 1. The van der Waals surface area contributed by atoms with Gasteiger partial charge in [-0.15, -0.1) is 12.4 Å². The van der Waals surface area contributed by atoms with E-state index >= 15 is 0 Å². The highest BCUT2D eigenvalue weighted by Gasteiger charge is 2.38. The number of anilines is 1. The van der Waals surface area contributed by atoms with Crippen molar-refractivity contribution in [3.8, 4) is 11.1 Å². The summed E-state index contributed by atoms with van der Waals surface area (Å²) in [5.74, 6) is -3.22. The maximum Gasteiger partial charge on any atom is 0.258 e. The van der Waals surface area contributed by atoms with E-state index in [1.54, 1.807) is 24.3 Å². The monoisotopic (exact) mass is 491 g/mol. The van der Waals surface area contributed by atoms with Gasteiger partial charge in [-0.1, -0.05) is 32.0 Å². The molecule has 1 unspecified atom stereocenters. The van der Waals surface area contributed by atoms with E-state index in [-0.39, 0.29) is 53.8 Å². The Hall–Kier alpha value is -3.04. The van der Waals surface area contributed by atoms with Gasteiger partial charge in [-0.05, 0) is 12.1 Å². The third-order valence-corrected chi connectivity index (χ3v) is 5.55. The van der Waals surface area contributed by atoms with Crippen LogP contribution >= 0.6 is 12.4 Å². The predicted octanol–water partition coefficient (Wildman–Crippen LogP) is 5.54. The SMILES string of the molecule is CC(C)c1ncc(C(=O)Nc2c(-c3ccccc3F)ccnc2C2CC(F)(F)CCN2)cn1.Cl. The van der Waals surface area contributed by atoms with Crippen molar-refractivity contribution in [2.75, 3.05) is 11.9 Å². The lowest BCUT2D eigenvalue weighted by Crippen LogP contribution is -2.39. The largest absolute Gasteiger partial charge is 0.320 e. The van der Waals surface area contributed by atoms with Gasteiger partial charge in [0.1, 0.15) is 11.6 Å². The molecule has 2 aromatic heterocycles. The average molecular weight is 492 g/mol. The number of aromatic nitrogens is 3. The molecule has 0 radical (unpaired) electrons. The van der Waals surface area contributed by atoms with Crippen molar-refractivity contribution in [2.24, 2.45) is 0 Å². The molecule has 180 valence electrons. The summed E-state index contributed by atoms with van der Waals surface area (Å²) < 4.78 is 43.0. The van der Waals surface area contributed by atoms with E-state index in [2.05, 4.69) is 25.6 Å². The lowest BCUT2D eigenvalue weighted by Gasteiger charge is -2.31. The summed E-state index contributed by atoms with van der Waals surface area (Å²) in [4.78, 5) is 25.8. The molecule has 1 saturated heterocycles. The van der Waals surface area contributed by atoms with Crippen LogP contribution in [-0.4, -0.2) is 33.3 Å². The first-order chi connectivity index (χ1) is 15.7. The van der Waals surface area contributed by atoms with E-state index in [0.29, 0.717) is 11.4 Å². The number of pyridine rings is 1. The molecular weight excluding hydrogens is 467 g/mol. The molecule has 34 heavy (non-hydrogen) atoms. The minimum absolute atomic E-state index is 0. The van der Waals surface area contributed by atoms with Gasteiger partial charge in [-0.25, -0.2) is 23.1 Å². The molecule has 3 heterocycles. The molecule has 0 bridgehead atoms. The number of hydrogen-bond acceptors (Lipinski definition) is 5. The van der Waals surface area contributed by atoms with Gasteiger partial charge in [0, 0.05) is 55.0 Å². The number of hydrogen-bond donors (Lipinski definition) is 2. The van der Waals surface area contributed by atoms with Crippen LogP contribution in [-0.2, 0) is 0 Å². The molecular formula is C24H25ClF3N5O. The van der Waals surface area contributed by atoms with E-state index in [4.69, 9.17) is 0 Å². The van der Waals surface area contributed by atoms with Gasteiger partial charge < -0.3 is 10.6 Å². The zero-order valence-corrected chi connectivity index (χ0v) is 19.5. The summed E-state index contributed by atoms with van der Waals surface area (Å²) in [6, 6.07) is 6.82. The number of nitrogens with one attached hydrogen (secondary N) is 2. The highest BCUT2D eigenvalue weighted by molar-refractivity contribution is 6.06. The highest BCUT2D eigenvalue weighted by Crippen LogP contribution is 2.40. The molecule has 1 aliphatic rings. The number of nitrogens with zero attached hydrogens (tertiary/aromatic N) is 3. The van der Waals surface area contributed by atoms with Crippen molar-refractivity contribution in [2.45, 2.75) is 44.6 Å². The Bertz CT molecular complexity index is 1160. The second-order valence-corrected chi connectivity index (χ2v) is 8.35. The molecule has 2 N–H and O–H groups in total. The molecule has 1 aromatic carbocycles. The van der Waals surface area contributed by atoms with Crippen molar-refractivity contribution >= 4 is 24.0 Å². The van der Waals surface area contributed by atoms with E-state index < -0.39 is 30.1 Å². The fourth-order valence-electron chi connectivity index (χ4n) is 3.81. The summed E-state index contributed by atoms with van der Waals surface area (Å²) >= 11 is 0. The number of carbonyl (C=O) groups is 1. The van der Waals surface area contributed by atoms with Crippen LogP contribution in [0.3, 0.4) is 0 Å². The lowest BCUT2D eigenvalue weighted by molar-refractivity contribution is -0.0419. The lowest BCUT2D eigenvalue weighted by atomic mass is 9.94. The summed E-state index contributed by atoms with van der Waals surface area (Å²) in [5.41, 5.74) is 1.17. The molecule has 3 aromatic rings. The summed E-state index contributed by atoms with van der Waals surface area (Å²) in [5, 5.41) is 5.81. The molecule has 1 amide bonds. The van der Waals surface area contributed by atoms with Crippen LogP contribution in [0.15, 0.2) is 48.9 Å². The van der Waals surface area contributed by atoms with Crippen LogP contribution in [0.4, 0.5) is 18.9 Å². The maximum absolute atomic E-state index is 14.6. The van der Waals surface area contributed by atoms with Crippen molar-refractivity contribution < 1.29 is 18.0 Å². The Morgan fingerprint density at radius 2 is 1.82 bits per heavy atom. The summed E-state index contributed by atoms with van der Waals surface area (Å²) in [6.45, 7) is 3.97. The third-order valence-electron chi connectivity index (χ3n) is 5.55. The van der Waals surface area contributed by atoms with E-state index in [0.717, 1.165) is 0 Å². The first-order valence-corrected chi connectivity index (χ1v) is 10.7. The van der Waals surface area contributed by atoms with E-state index in [1.165, 1.54) is 24.7 Å². The zero-order valence-electron chi connectivity index (χ0n) is 18.7. The fraction of sp³-hybridized carbons (Fsp3) is 0.333. The number of alkyl halides is 2. The number of piperidine rings is 1. The van der Waals surface area contributed by atoms with Crippen LogP contribution in [0.1, 0.15) is 60.5 Å². The van der Waals surface area contributed by atoms with Crippen LogP contribution in [0.25, 0.3) is 11.1 Å². The summed E-state index contributed by atoms with van der Waals surface area (Å²) in [6.07, 6.45) is 3.49. The molecule has 1 atom stereocenters. The second-order valence-electron chi connectivity index (χ2n) is 8.35. The molecule has 4 rings (SSSR count). The Morgan fingerprint density at radius 1 is 1.12 bits per heavy atom. The third kappa shape index (κ3) is 5.53. The minimum atomic E-state index is -2.87. The zero-order chi connectivity index (χ0) is 23.6. The van der Waals surface area contributed by atoms with Gasteiger partial charge in [0.05, 0.1) is 23.0 Å². The quantitative estimate of drug-likeness (QED) is 0.490. The van der Waals surface area contributed by atoms with Gasteiger partial charge >= 0.3 is 0 Å². The first kappa shape index (κ1) is 25.6. The van der Waals surface area contributed by atoms with Crippen molar-refractivity contribution in [1.29, 1.82) is 0 Å². The topological polar surface area (TPSA) is 79.8 Å². The smallest absolute Gasteiger partial charge is 0.258 e. The van der Waals surface area contributed by atoms with Crippen molar-refractivity contribution in [3.05, 3.63) is 71.8 Å². The number of benzene rings is 1. The number of halogens is 4. The normalized spacial score (nSPS) is 17.2. The highest BCUT2D eigenvalue weighted by atomic mass is 35.5. The number of rotatable bonds is 5. The molecule has 1 fully saturated rings. The van der Waals surface area contributed by atoms with Crippen molar-refractivity contribution in [1.82, 2.24) is 20.3 Å². The minimum Gasteiger partial charge on any atom is -0.320 e. The average Bonchev–Trinajstić information content (AvgIpc) is 2.79.